The molecule has 3 fully saturated rings. The largest absolute Gasteiger partial charge is 0.491 e. The van der Waals surface area contributed by atoms with Crippen LogP contribution in [0.2, 0.25) is 0 Å². The number of carboxylic acids is 1. The lowest BCUT2D eigenvalue weighted by Gasteiger charge is -2.39. The highest BCUT2D eigenvalue weighted by Gasteiger charge is 2.46. The first-order valence-corrected chi connectivity index (χ1v) is 15.0. The summed E-state index contributed by atoms with van der Waals surface area (Å²) < 4.78 is 7.88. The van der Waals surface area contributed by atoms with Crippen LogP contribution in [0, 0.1) is 6.92 Å². The van der Waals surface area contributed by atoms with Gasteiger partial charge in [-0.25, -0.2) is 24.1 Å². The zero-order valence-corrected chi connectivity index (χ0v) is 24.5. The molecule has 0 radical (unpaired) electrons. The van der Waals surface area contributed by atoms with Gasteiger partial charge in [-0.05, 0) is 61.9 Å². The van der Waals surface area contributed by atoms with Gasteiger partial charge in [0, 0.05) is 25.0 Å². The molecule has 0 bridgehead atoms. The minimum Gasteiger partial charge on any atom is -0.491 e. The monoisotopic (exact) mass is 597 g/mol. The number of pyridine rings is 2. The third kappa shape index (κ3) is 5.30. The van der Waals surface area contributed by atoms with Crippen molar-refractivity contribution in [2.45, 2.75) is 49.7 Å². The number of nitrogens with zero attached hydrogens (tertiary/aromatic N) is 6. The number of urea groups is 1. The Hall–Kier alpha value is -4.71. The van der Waals surface area contributed by atoms with Gasteiger partial charge in [0.25, 0.3) is 0 Å². The molecule has 12 heteroatoms. The van der Waals surface area contributed by atoms with Gasteiger partial charge in [0.1, 0.15) is 17.5 Å². The number of benzene rings is 1. The van der Waals surface area contributed by atoms with E-state index >= 15 is 0 Å². The molecule has 1 aromatic carbocycles. The van der Waals surface area contributed by atoms with Crippen molar-refractivity contribution in [1.29, 1.82) is 0 Å². The fraction of sp³-hybridized carbons (Fsp3) is 0.406. The Balaban J connectivity index is 0.976. The van der Waals surface area contributed by atoms with Crippen LogP contribution in [-0.4, -0.2) is 85.0 Å². The summed E-state index contributed by atoms with van der Waals surface area (Å²) in [6.07, 6.45) is 5.94. The highest BCUT2D eigenvalue weighted by Crippen LogP contribution is 2.48. The van der Waals surface area contributed by atoms with E-state index in [4.69, 9.17) is 9.84 Å². The molecule has 2 amide bonds. The minimum absolute atomic E-state index is 0.00819. The van der Waals surface area contributed by atoms with Gasteiger partial charge in [0.15, 0.2) is 11.5 Å². The van der Waals surface area contributed by atoms with E-state index < -0.39 is 17.6 Å². The van der Waals surface area contributed by atoms with Gasteiger partial charge in [-0.3, -0.25) is 0 Å². The number of amides is 2. The van der Waals surface area contributed by atoms with Crippen LogP contribution in [0.1, 0.15) is 59.2 Å². The molecule has 1 aliphatic carbocycles. The number of anilines is 1. The lowest BCUT2D eigenvalue weighted by atomic mass is 9.88. The van der Waals surface area contributed by atoms with E-state index in [1.807, 2.05) is 19.1 Å². The Morgan fingerprint density at radius 3 is 2.57 bits per heavy atom. The van der Waals surface area contributed by atoms with Gasteiger partial charge in [-0.1, -0.05) is 30.3 Å². The first kappa shape index (κ1) is 28.1. The number of ether oxygens (including phenoxy) is 1. The second-order valence-electron chi connectivity index (χ2n) is 12.3. The van der Waals surface area contributed by atoms with Gasteiger partial charge < -0.3 is 30.1 Å². The zero-order chi connectivity index (χ0) is 30.5. The fourth-order valence-electron chi connectivity index (χ4n) is 6.43. The lowest BCUT2D eigenvalue weighted by Crippen LogP contribution is -2.52. The summed E-state index contributed by atoms with van der Waals surface area (Å²) in [5, 5.41) is 27.9. The number of aromatic nitrogens is 4. The standard InChI is InChI=1S/C32H35N7O5/c1-21-15-24(44-20-31(9-10-31)22-5-3-2-4-6-22)17-39-28(21)34-27(36-39)26(40)18-38-19-32(35-30(38)43)11-13-37(14-12-32)23-7-8-25(29(41)42)33-16-23/h2-8,15-17,26,40H,9-14,18-20H2,1H3,(H,35,43)(H,41,42). The third-order valence-electron chi connectivity index (χ3n) is 9.26. The Kier molecular flexibility index (Phi) is 6.88. The Bertz CT molecular complexity index is 1700. The van der Waals surface area contributed by atoms with Gasteiger partial charge in [0.2, 0.25) is 0 Å². The number of hydrogen-bond acceptors (Lipinski definition) is 8. The molecule has 1 saturated carbocycles. The Morgan fingerprint density at radius 2 is 1.89 bits per heavy atom. The molecule has 44 heavy (non-hydrogen) atoms. The molecule has 3 aromatic heterocycles. The predicted molar refractivity (Wildman–Crippen MR) is 161 cm³/mol. The SMILES string of the molecule is Cc1cc(OCC2(c3ccccc3)CC2)cn2nc(C(O)CN3CC4(CCN(c5ccc(C(=O)O)nc5)CC4)NC3=O)nc12. The van der Waals surface area contributed by atoms with Crippen molar-refractivity contribution < 1.29 is 24.5 Å². The van der Waals surface area contributed by atoms with Gasteiger partial charge in [-0.2, -0.15) is 0 Å². The number of carbonyl (C=O) groups is 2. The van der Waals surface area contributed by atoms with Crippen LogP contribution in [0.4, 0.5) is 10.5 Å². The lowest BCUT2D eigenvalue weighted by molar-refractivity contribution is 0.0690. The number of aliphatic hydroxyl groups excluding tert-OH is 1. The second kappa shape index (κ2) is 10.8. The Labute approximate surface area is 254 Å². The maximum atomic E-state index is 13.0. The van der Waals surface area contributed by atoms with Crippen LogP contribution in [0.5, 0.6) is 5.75 Å². The fourth-order valence-corrected chi connectivity index (χ4v) is 6.43. The number of carbonyl (C=O) groups excluding carboxylic acids is 1. The third-order valence-corrected chi connectivity index (χ3v) is 9.26. The van der Waals surface area contributed by atoms with Crippen LogP contribution in [0.25, 0.3) is 5.65 Å². The van der Waals surface area contributed by atoms with Crippen molar-refractivity contribution in [3.63, 3.8) is 0 Å². The minimum atomic E-state index is -1.06. The number of rotatable bonds is 9. The van der Waals surface area contributed by atoms with E-state index in [9.17, 15) is 14.7 Å². The molecule has 3 N–H and O–H groups in total. The molecule has 1 unspecified atom stereocenters. The van der Waals surface area contributed by atoms with Gasteiger partial charge >= 0.3 is 12.0 Å². The van der Waals surface area contributed by atoms with E-state index in [1.165, 1.54) is 11.6 Å². The average molecular weight is 598 g/mol. The van der Waals surface area contributed by atoms with Crippen molar-refractivity contribution in [3.05, 3.63) is 83.6 Å². The van der Waals surface area contributed by atoms with Crippen LogP contribution in [-0.2, 0) is 5.41 Å². The Morgan fingerprint density at radius 1 is 1.11 bits per heavy atom. The molecule has 228 valence electrons. The number of β-amino-alcohol motifs (C(OH)–C–C–N with tert-alkyl or cyclic N) is 1. The molecule has 5 heterocycles. The molecular formula is C32H35N7O5. The molecule has 2 aliphatic heterocycles. The molecular weight excluding hydrogens is 562 g/mol. The molecule has 4 aromatic rings. The predicted octanol–water partition coefficient (Wildman–Crippen LogP) is 3.34. The number of piperidine rings is 1. The van der Waals surface area contributed by atoms with Crippen molar-refractivity contribution in [1.82, 2.24) is 29.8 Å². The smallest absolute Gasteiger partial charge is 0.354 e. The molecule has 3 aliphatic rings. The summed E-state index contributed by atoms with van der Waals surface area (Å²) in [5.41, 5.74) is 3.34. The number of fused-ring (bicyclic) bond motifs is 1. The highest BCUT2D eigenvalue weighted by atomic mass is 16.5. The quantitative estimate of drug-likeness (QED) is 0.264. The van der Waals surface area contributed by atoms with Crippen LogP contribution >= 0.6 is 0 Å². The van der Waals surface area contributed by atoms with Crippen molar-refractivity contribution in [3.8, 4) is 5.75 Å². The summed E-state index contributed by atoms with van der Waals surface area (Å²) in [6.45, 7) is 4.46. The maximum absolute atomic E-state index is 13.0. The topological polar surface area (TPSA) is 145 Å². The number of aryl methyl sites for hydroxylation is 1. The van der Waals surface area contributed by atoms with Crippen LogP contribution < -0.4 is 15.0 Å². The maximum Gasteiger partial charge on any atom is 0.354 e. The summed E-state index contributed by atoms with van der Waals surface area (Å²) in [6, 6.07) is 15.5. The molecule has 2 saturated heterocycles. The number of hydrogen-bond donors (Lipinski definition) is 3. The van der Waals surface area contributed by atoms with E-state index in [0.717, 1.165) is 24.1 Å². The molecule has 1 atom stereocenters. The summed E-state index contributed by atoms with van der Waals surface area (Å²) in [7, 11) is 0. The van der Waals surface area contributed by atoms with Crippen LogP contribution in [0.15, 0.2) is 60.9 Å². The zero-order valence-electron chi connectivity index (χ0n) is 24.5. The average Bonchev–Trinajstić information content (AvgIpc) is 3.60. The number of nitrogens with one attached hydrogen (secondary N) is 1. The normalized spacial score (nSPS) is 19.3. The second-order valence-corrected chi connectivity index (χ2v) is 12.3. The highest BCUT2D eigenvalue weighted by molar-refractivity contribution is 5.85. The summed E-state index contributed by atoms with van der Waals surface area (Å²) in [4.78, 5) is 36.5. The van der Waals surface area contributed by atoms with Crippen molar-refractivity contribution >= 4 is 23.3 Å². The van der Waals surface area contributed by atoms with Crippen molar-refractivity contribution in [2.75, 3.05) is 37.7 Å². The number of aromatic carboxylic acids is 1. The van der Waals surface area contributed by atoms with E-state index in [2.05, 4.69) is 49.5 Å². The number of carboxylic acid groups (broad SMARTS) is 1. The summed E-state index contributed by atoms with van der Waals surface area (Å²) in [5.74, 6) is -0.100. The molecule has 1 spiro atoms. The number of aliphatic hydroxyl groups is 1. The van der Waals surface area contributed by atoms with Gasteiger partial charge in [-0.15, -0.1) is 5.10 Å². The molecule has 7 rings (SSSR count). The van der Waals surface area contributed by atoms with E-state index in [1.54, 1.807) is 27.9 Å². The van der Waals surface area contributed by atoms with Crippen LogP contribution in [0.3, 0.4) is 0 Å². The van der Waals surface area contributed by atoms with E-state index in [-0.39, 0.29) is 29.5 Å². The van der Waals surface area contributed by atoms with Crippen molar-refractivity contribution in [2.24, 2.45) is 0 Å². The van der Waals surface area contributed by atoms with E-state index in [0.29, 0.717) is 50.5 Å². The van der Waals surface area contributed by atoms with Gasteiger partial charge in [0.05, 0.1) is 36.8 Å². The summed E-state index contributed by atoms with van der Waals surface area (Å²) >= 11 is 0. The first-order chi connectivity index (χ1) is 21.2. The molecule has 12 nitrogen and oxygen atoms in total. The first-order valence-electron chi connectivity index (χ1n) is 15.0.